The van der Waals surface area contributed by atoms with Crippen LogP contribution < -0.4 is 0 Å². The molecule has 4 nitrogen and oxygen atoms in total. The zero-order valence-electron chi connectivity index (χ0n) is 12.5. The Morgan fingerprint density at radius 2 is 2.23 bits per heavy atom. The third kappa shape index (κ3) is 1.58. The third-order valence-corrected chi connectivity index (χ3v) is 5.14. The lowest BCUT2D eigenvalue weighted by atomic mass is 9.80. The van der Waals surface area contributed by atoms with Crippen molar-refractivity contribution in [2.75, 3.05) is 13.6 Å². The van der Waals surface area contributed by atoms with E-state index < -0.39 is 0 Å². The highest BCUT2D eigenvalue weighted by Crippen LogP contribution is 2.41. The normalized spacial score (nSPS) is 24.3. The van der Waals surface area contributed by atoms with E-state index in [1.807, 2.05) is 12.4 Å². The maximum Gasteiger partial charge on any atom is 0.114 e. The van der Waals surface area contributed by atoms with Gasteiger partial charge in [0.05, 0.1) is 0 Å². The molecule has 0 amide bonds. The molecule has 5 rings (SSSR count). The van der Waals surface area contributed by atoms with E-state index in [1.165, 1.54) is 27.6 Å². The van der Waals surface area contributed by atoms with Gasteiger partial charge in [-0.25, -0.2) is 4.98 Å². The van der Waals surface area contributed by atoms with Gasteiger partial charge in [-0.1, -0.05) is 18.2 Å². The zero-order chi connectivity index (χ0) is 14.7. The van der Waals surface area contributed by atoms with Crippen molar-refractivity contribution in [1.29, 1.82) is 0 Å². The second-order valence-corrected chi connectivity index (χ2v) is 6.40. The fourth-order valence-corrected chi connectivity index (χ4v) is 4.10. The van der Waals surface area contributed by atoms with Crippen LogP contribution in [0, 0.1) is 0 Å². The standard InChI is InChI=1S/C18H18N4/c1-22-10-12(18-19-5-6-20-18)7-14-13-3-2-4-15-17(13)11(9-21-15)8-16(14)22/h2-7,9,12,16,21H,8,10H2,1H3,(H,19,20). The second kappa shape index (κ2) is 4.34. The quantitative estimate of drug-likeness (QED) is 0.724. The summed E-state index contributed by atoms with van der Waals surface area (Å²) >= 11 is 0. The topological polar surface area (TPSA) is 47.7 Å². The predicted octanol–water partition coefficient (Wildman–Crippen LogP) is 2.93. The minimum Gasteiger partial charge on any atom is -0.361 e. The summed E-state index contributed by atoms with van der Waals surface area (Å²) < 4.78 is 0. The fourth-order valence-electron chi connectivity index (χ4n) is 4.10. The second-order valence-electron chi connectivity index (χ2n) is 6.40. The van der Waals surface area contributed by atoms with Crippen molar-refractivity contribution < 1.29 is 0 Å². The predicted molar refractivity (Wildman–Crippen MR) is 87.7 cm³/mol. The van der Waals surface area contributed by atoms with E-state index in [9.17, 15) is 0 Å². The van der Waals surface area contributed by atoms with Crippen LogP contribution in [-0.4, -0.2) is 39.5 Å². The molecule has 2 aromatic heterocycles. The summed E-state index contributed by atoms with van der Waals surface area (Å²) in [6.45, 7) is 1.01. The molecule has 2 N–H and O–H groups in total. The van der Waals surface area contributed by atoms with Crippen LogP contribution in [0.4, 0.5) is 0 Å². The average molecular weight is 290 g/mol. The molecule has 2 aliphatic rings. The molecule has 4 heteroatoms. The zero-order valence-corrected chi connectivity index (χ0v) is 12.5. The lowest BCUT2D eigenvalue weighted by Crippen LogP contribution is -2.42. The minimum absolute atomic E-state index is 0.335. The van der Waals surface area contributed by atoms with Gasteiger partial charge in [0, 0.05) is 48.0 Å². The Morgan fingerprint density at radius 3 is 3.09 bits per heavy atom. The van der Waals surface area contributed by atoms with Crippen LogP contribution in [0.15, 0.2) is 42.9 Å². The molecule has 22 heavy (non-hydrogen) atoms. The van der Waals surface area contributed by atoms with E-state index in [2.05, 4.69) is 57.4 Å². The summed E-state index contributed by atoms with van der Waals surface area (Å²) in [7, 11) is 2.23. The number of rotatable bonds is 1. The van der Waals surface area contributed by atoms with Crippen molar-refractivity contribution in [3.05, 3.63) is 59.8 Å². The lowest BCUT2D eigenvalue weighted by molar-refractivity contribution is 0.265. The summed E-state index contributed by atoms with van der Waals surface area (Å²) in [5.74, 6) is 1.40. The first-order chi connectivity index (χ1) is 10.8. The molecule has 0 spiro atoms. The molecule has 2 unspecified atom stereocenters. The van der Waals surface area contributed by atoms with Crippen molar-refractivity contribution in [2.45, 2.75) is 18.4 Å². The molecule has 1 aliphatic carbocycles. The van der Waals surface area contributed by atoms with Crippen LogP contribution >= 0.6 is 0 Å². The Kier molecular flexibility index (Phi) is 2.41. The van der Waals surface area contributed by atoms with Gasteiger partial charge in [0.1, 0.15) is 5.82 Å². The molecular weight excluding hydrogens is 272 g/mol. The van der Waals surface area contributed by atoms with Crippen LogP contribution in [0.25, 0.3) is 16.5 Å². The van der Waals surface area contributed by atoms with Gasteiger partial charge in [-0.15, -0.1) is 0 Å². The third-order valence-electron chi connectivity index (χ3n) is 5.14. The number of hydrogen-bond acceptors (Lipinski definition) is 2. The smallest absolute Gasteiger partial charge is 0.114 e. The van der Waals surface area contributed by atoms with E-state index in [4.69, 9.17) is 0 Å². The summed E-state index contributed by atoms with van der Waals surface area (Å²) in [4.78, 5) is 13.6. The van der Waals surface area contributed by atoms with Crippen LogP contribution in [0.2, 0.25) is 0 Å². The number of aromatic amines is 2. The monoisotopic (exact) mass is 290 g/mol. The van der Waals surface area contributed by atoms with Crippen molar-refractivity contribution in [3.8, 4) is 0 Å². The number of H-pyrrole nitrogens is 2. The summed E-state index contributed by atoms with van der Waals surface area (Å²) in [6.07, 6.45) is 9.44. The average Bonchev–Trinajstić information content (AvgIpc) is 3.19. The highest BCUT2D eigenvalue weighted by Gasteiger charge is 2.34. The first-order valence-electron chi connectivity index (χ1n) is 7.82. The van der Waals surface area contributed by atoms with E-state index in [0.29, 0.717) is 12.0 Å². The van der Waals surface area contributed by atoms with Crippen LogP contribution in [0.1, 0.15) is 22.9 Å². The number of hydrogen-bond donors (Lipinski definition) is 2. The number of aromatic nitrogens is 3. The van der Waals surface area contributed by atoms with E-state index in [-0.39, 0.29) is 0 Å². The van der Waals surface area contributed by atoms with Gasteiger partial charge in [-0.2, -0.15) is 0 Å². The maximum atomic E-state index is 4.46. The Labute approximate surface area is 128 Å². The van der Waals surface area contributed by atoms with E-state index in [0.717, 1.165) is 18.8 Å². The molecule has 0 bridgehead atoms. The summed E-state index contributed by atoms with van der Waals surface area (Å²) in [6, 6.07) is 7.05. The largest absolute Gasteiger partial charge is 0.361 e. The molecule has 0 saturated carbocycles. The van der Waals surface area contributed by atoms with Crippen LogP contribution in [0.3, 0.4) is 0 Å². The molecule has 0 radical (unpaired) electrons. The number of benzene rings is 1. The number of fused-ring (bicyclic) bond motifs is 2. The molecule has 1 aliphatic heterocycles. The van der Waals surface area contributed by atoms with Gasteiger partial charge >= 0.3 is 0 Å². The first kappa shape index (κ1) is 12.2. The van der Waals surface area contributed by atoms with Gasteiger partial charge in [0.2, 0.25) is 0 Å². The first-order valence-corrected chi connectivity index (χ1v) is 7.82. The van der Waals surface area contributed by atoms with Crippen LogP contribution in [-0.2, 0) is 6.42 Å². The minimum atomic E-state index is 0.335. The lowest BCUT2D eigenvalue weighted by Gasteiger charge is -2.39. The Morgan fingerprint density at radius 1 is 1.27 bits per heavy atom. The Bertz CT molecular complexity index is 872. The molecule has 1 aromatic carbocycles. The summed E-state index contributed by atoms with van der Waals surface area (Å²) in [5, 5.41) is 1.40. The molecule has 110 valence electrons. The number of nitrogens with zero attached hydrogens (tertiary/aromatic N) is 2. The van der Waals surface area contributed by atoms with Crippen LogP contribution in [0.5, 0.6) is 0 Å². The van der Waals surface area contributed by atoms with Crippen molar-refractivity contribution in [1.82, 2.24) is 19.9 Å². The SMILES string of the molecule is CN1CC(c2ncc[nH]2)C=C2c3cccc4[nH]cc(c34)CC21. The molecular formula is C18H18N4. The van der Waals surface area contributed by atoms with Crippen molar-refractivity contribution in [2.24, 2.45) is 0 Å². The van der Waals surface area contributed by atoms with E-state index >= 15 is 0 Å². The van der Waals surface area contributed by atoms with Gasteiger partial charge in [0.15, 0.2) is 0 Å². The molecule has 2 atom stereocenters. The van der Waals surface area contributed by atoms with Gasteiger partial charge < -0.3 is 9.97 Å². The Hall–Kier alpha value is -2.33. The van der Waals surface area contributed by atoms with Crippen molar-refractivity contribution in [3.63, 3.8) is 0 Å². The highest BCUT2D eigenvalue weighted by atomic mass is 15.1. The highest BCUT2D eigenvalue weighted by molar-refractivity contribution is 5.98. The van der Waals surface area contributed by atoms with E-state index in [1.54, 1.807) is 0 Å². The van der Waals surface area contributed by atoms with Gasteiger partial charge in [-0.05, 0) is 36.2 Å². The number of imidazole rings is 1. The maximum absolute atomic E-state index is 4.46. The van der Waals surface area contributed by atoms with Crippen molar-refractivity contribution >= 4 is 16.5 Å². The Balaban J connectivity index is 1.72. The van der Waals surface area contributed by atoms with Gasteiger partial charge in [0.25, 0.3) is 0 Å². The summed E-state index contributed by atoms with van der Waals surface area (Å²) in [5.41, 5.74) is 5.52. The molecule has 0 saturated heterocycles. The number of likely N-dealkylation sites (N-methyl/N-ethyl adjacent to an activating group) is 1. The fraction of sp³-hybridized carbons (Fsp3) is 0.278. The van der Waals surface area contributed by atoms with Gasteiger partial charge in [-0.3, -0.25) is 4.90 Å². The molecule has 0 fully saturated rings. The molecule has 3 heterocycles. The number of nitrogens with one attached hydrogen (secondary N) is 2. The molecule has 3 aromatic rings.